The number of hydrogen-bond acceptors (Lipinski definition) is 2. The minimum atomic E-state index is 0.704. The average molecular weight is 189 g/mol. The van der Waals surface area contributed by atoms with E-state index in [2.05, 4.69) is 33.1 Å². The number of thioether (sulfide) groups is 1. The van der Waals surface area contributed by atoms with Crippen molar-refractivity contribution < 1.29 is 0 Å². The molecule has 1 N–H and O–H groups in total. The van der Waals surface area contributed by atoms with Crippen molar-refractivity contribution in [3.05, 3.63) is 0 Å². The van der Waals surface area contributed by atoms with Gasteiger partial charge in [-0.15, -0.1) is 0 Å². The van der Waals surface area contributed by atoms with Crippen LogP contribution < -0.4 is 5.32 Å². The third-order valence-corrected chi connectivity index (χ3v) is 3.31. The molecular formula is C10H23NS. The van der Waals surface area contributed by atoms with Crippen LogP contribution in [0, 0.1) is 5.92 Å². The summed E-state index contributed by atoms with van der Waals surface area (Å²) in [5, 5.41) is 3.40. The highest BCUT2D eigenvalue weighted by Gasteiger charge is 2.13. The summed E-state index contributed by atoms with van der Waals surface area (Å²) >= 11 is 2.03. The molecule has 1 nitrogen and oxygen atoms in total. The predicted molar refractivity (Wildman–Crippen MR) is 59.9 cm³/mol. The van der Waals surface area contributed by atoms with Crippen molar-refractivity contribution in [2.75, 3.05) is 18.6 Å². The molecule has 74 valence electrons. The van der Waals surface area contributed by atoms with Gasteiger partial charge in [0.1, 0.15) is 0 Å². The SMILES string of the molecule is CCCC(C)C(CSCC)NC. The summed E-state index contributed by atoms with van der Waals surface area (Å²) in [4.78, 5) is 0. The van der Waals surface area contributed by atoms with Gasteiger partial charge < -0.3 is 5.32 Å². The molecule has 2 heteroatoms. The van der Waals surface area contributed by atoms with Gasteiger partial charge in [0.25, 0.3) is 0 Å². The largest absolute Gasteiger partial charge is 0.316 e. The van der Waals surface area contributed by atoms with E-state index in [4.69, 9.17) is 0 Å². The molecular weight excluding hydrogens is 166 g/mol. The van der Waals surface area contributed by atoms with Crippen LogP contribution in [-0.2, 0) is 0 Å². The summed E-state index contributed by atoms with van der Waals surface area (Å²) in [6.07, 6.45) is 2.64. The maximum atomic E-state index is 3.40. The fourth-order valence-corrected chi connectivity index (χ4v) is 2.42. The highest BCUT2D eigenvalue weighted by atomic mass is 32.2. The maximum Gasteiger partial charge on any atom is 0.0180 e. The Morgan fingerprint density at radius 1 is 1.33 bits per heavy atom. The molecule has 0 aromatic carbocycles. The molecule has 0 bridgehead atoms. The van der Waals surface area contributed by atoms with Gasteiger partial charge in [0.2, 0.25) is 0 Å². The summed E-state index contributed by atoms with van der Waals surface area (Å²) in [7, 11) is 2.08. The second-order valence-corrected chi connectivity index (χ2v) is 4.64. The second kappa shape index (κ2) is 7.93. The lowest BCUT2D eigenvalue weighted by Gasteiger charge is -2.22. The number of nitrogens with one attached hydrogen (secondary N) is 1. The molecule has 0 aliphatic rings. The Kier molecular flexibility index (Phi) is 8.14. The van der Waals surface area contributed by atoms with E-state index in [0.29, 0.717) is 6.04 Å². The standard InChI is InChI=1S/C10H23NS/c1-5-7-9(3)10(11-4)8-12-6-2/h9-11H,5-8H2,1-4H3. The van der Waals surface area contributed by atoms with E-state index in [1.165, 1.54) is 24.3 Å². The first-order valence-electron chi connectivity index (χ1n) is 5.01. The molecule has 2 unspecified atom stereocenters. The molecule has 0 rings (SSSR count). The third-order valence-electron chi connectivity index (χ3n) is 2.30. The Hall–Kier alpha value is 0.310. The second-order valence-electron chi connectivity index (χ2n) is 3.32. The quantitative estimate of drug-likeness (QED) is 0.661. The van der Waals surface area contributed by atoms with E-state index in [1.54, 1.807) is 0 Å². The van der Waals surface area contributed by atoms with Crippen molar-refractivity contribution in [3.8, 4) is 0 Å². The van der Waals surface area contributed by atoms with E-state index < -0.39 is 0 Å². The Labute approximate surface area is 81.7 Å². The molecule has 0 amide bonds. The fraction of sp³-hybridized carbons (Fsp3) is 1.00. The minimum Gasteiger partial charge on any atom is -0.316 e. The Balaban J connectivity index is 3.62. The first kappa shape index (κ1) is 12.3. The van der Waals surface area contributed by atoms with Gasteiger partial charge in [-0.3, -0.25) is 0 Å². The molecule has 0 saturated heterocycles. The van der Waals surface area contributed by atoms with Gasteiger partial charge in [-0.25, -0.2) is 0 Å². The first-order valence-corrected chi connectivity index (χ1v) is 6.16. The molecule has 0 aliphatic heterocycles. The summed E-state index contributed by atoms with van der Waals surface area (Å²) < 4.78 is 0. The van der Waals surface area contributed by atoms with Crippen molar-refractivity contribution in [3.63, 3.8) is 0 Å². The molecule has 0 saturated carbocycles. The zero-order valence-corrected chi connectivity index (χ0v) is 9.71. The Morgan fingerprint density at radius 2 is 2.00 bits per heavy atom. The van der Waals surface area contributed by atoms with Crippen LogP contribution in [0.4, 0.5) is 0 Å². The molecule has 2 atom stereocenters. The van der Waals surface area contributed by atoms with Gasteiger partial charge in [-0.1, -0.05) is 27.2 Å². The lowest BCUT2D eigenvalue weighted by Crippen LogP contribution is -2.34. The van der Waals surface area contributed by atoms with Gasteiger partial charge in [0.05, 0.1) is 0 Å². The molecule has 0 aromatic heterocycles. The molecule has 0 spiro atoms. The average Bonchev–Trinajstić information content (AvgIpc) is 2.06. The van der Waals surface area contributed by atoms with Gasteiger partial charge >= 0.3 is 0 Å². The van der Waals surface area contributed by atoms with Crippen LogP contribution in [0.2, 0.25) is 0 Å². The molecule has 12 heavy (non-hydrogen) atoms. The summed E-state index contributed by atoms with van der Waals surface area (Å²) in [5.74, 6) is 3.31. The highest BCUT2D eigenvalue weighted by molar-refractivity contribution is 7.99. The minimum absolute atomic E-state index is 0.704. The zero-order chi connectivity index (χ0) is 9.40. The van der Waals surface area contributed by atoms with E-state index >= 15 is 0 Å². The number of hydrogen-bond donors (Lipinski definition) is 1. The van der Waals surface area contributed by atoms with Crippen molar-refractivity contribution in [2.45, 2.75) is 39.7 Å². The zero-order valence-electron chi connectivity index (χ0n) is 8.89. The molecule has 0 fully saturated rings. The van der Waals surface area contributed by atoms with E-state index in [0.717, 1.165) is 5.92 Å². The van der Waals surface area contributed by atoms with Crippen LogP contribution in [0.1, 0.15) is 33.6 Å². The van der Waals surface area contributed by atoms with Crippen LogP contribution >= 0.6 is 11.8 Å². The van der Waals surface area contributed by atoms with Crippen LogP contribution in [0.5, 0.6) is 0 Å². The van der Waals surface area contributed by atoms with Crippen molar-refractivity contribution in [1.29, 1.82) is 0 Å². The fourth-order valence-electron chi connectivity index (χ4n) is 1.43. The first-order chi connectivity index (χ1) is 5.76. The normalized spacial score (nSPS) is 16.0. The summed E-state index contributed by atoms with van der Waals surface area (Å²) in [6.45, 7) is 6.83. The van der Waals surface area contributed by atoms with Gasteiger partial charge in [0, 0.05) is 11.8 Å². The van der Waals surface area contributed by atoms with Crippen molar-refractivity contribution >= 4 is 11.8 Å². The molecule has 0 aliphatic carbocycles. The molecule has 0 radical (unpaired) electrons. The lowest BCUT2D eigenvalue weighted by atomic mass is 9.98. The molecule has 0 heterocycles. The van der Waals surface area contributed by atoms with Gasteiger partial charge in [-0.05, 0) is 25.1 Å². The third kappa shape index (κ3) is 5.04. The van der Waals surface area contributed by atoms with E-state index in [1.807, 2.05) is 11.8 Å². The Bertz CT molecular complexity index is 95.8. The highest BCUT2D eigenvalue weighted by Crippen LogP contribution is 2.14. The van der Waals surface area contributed by atoms with Gasteiger partial charge in [0.15, 0.2) is 0 Å². The van der Waals surface area contributed by atoms with E-state index in [9.17, 15) is 0 Å². The lowest BCUT2D eigenvalue weighted by molar-refractivity contribution is 0.403. The smallest absolute Gasteiger partial charge is 0.0180 e. The van der Waals surface area contributed by atoms with Gasteiger partial charge in [-0.2, -0.15) is 11.8 Å². The Morgan fingerprint density at radius 3 is 2.42 bits per heavy atom. The van der Waals surface area contributed by atoms with Crippen LogP contribution in [0.3, 0.4) is 0 Å². The van der Waals surface area contributed by atoms with Crippen molar-refractivity contribution in [2.24, 2.45) is 5.92 Å². The van der Waals surface area contributed by atoms with Crippen LogP contribution in [-0.4, -0.2) is 24.6 Å². The topological polar surface area (TPSA) is 12.0 Å². The maximum absolute atomic E-state index is 3.40. The predicted octanol–water partition coefficient (Wildman–Crippen LogP) is 2.76. The summed E-state index contributed by atoms with van der Waals surface area (Å²) in [6, 6.07) is 0.704. The molecule has 0 aromatic rings. The monoisotopic (exact) mass is 189 g/mol. The van der Waals surface area contributed by atoms with Crippen molar-refractivity contribution in [1.82, 2.24) is 5.32 Å². The van der Waals surface area contributed by atoms with Crippen LogP contribution in [0.15, 0.2) is 0 Å². The van der Waals surface area contributed by atoms with E-state index in [-0.39, 0.29) is 0 Å². The summed E-state index contributed by atoms with van der Waals surface area (Å²) in [5.41, 5.74) is 0. The van der Waals surface area contributed by atoms with Crippen LogP contribution in [0.25, 0.3) is 0 Å². The number of rotatable bonds is 7.